The molecule has 6 nitrogen and oxygen atoms in total. The molecular formula is C23H34NO5P. The molecule has 0 saturated carbocycles. The van der Waals surface area contributed by atoms with Crippen molar-refractivity contribution in [2.45, 2.75) is 33.5 Å². The molecule has 0 bridgehead atoms. The van der Waals surface area contributed by atoms with Gasteiger partial charge in [0, 0.05) is 5.69 Å². The zero-order valence-corrected chi connectivity index (χ0v) is 19.6. The van der Waals surface area contributed by atoms with E-state index in [9.17, 15) is 4.57 Å². The number of benzene rings is 2. The summed E-state index contributed by atoms with van der Waals surface area (Å²) in [5.41, 5.74) is 1.55. The van der Waals surface area contributed by atoms with E-state index in [0.717, 1.165) is 11.3 Å². The molecule has 7 heteroatoms. The van der Waals surface area contributed by atoms with E-state index >= 15 is 0 Å². The molecule has 0 amide bonds. The quantitative estimate of drug-likeness (QED) is 0.392. The number of ether oxygens (including phenoxy) is 2. The van der Waals surface area contributed by atoms with Gasteiger partial charge in [-0.15, -0.1) is 0 Å². The van der Waals surface area contributed by atoms with Crippen LogP contribution < -0.4 is 14.8 Å². The molecule has 0 unspecified atom stereocenters. The summed E-state index contributed by atoms with van der Waals surface area (Å²) in [6.07, 6.45) is 0. The van der Waals surface area contributed by atoms with Crippen molar-refractivity contribution in [1.82, 2.24) is 0 Å². The van der Waals surface area contributed by atoms with Crippen LogP contribution in [0.25, 0.3) is 0 Å². The predicted molar refractivity (Wildman–Crippen MR) is 122 cm³/mol. The Morgan fingerprint density at radius 3 is 1.90 bits per heavy atom. The predicted octanol–water partition coefficient (Wildman–Crippen LogP) is 6.35. The molecule has 2 aromatic carbocycles. The maximum Gasteiger partial charge on any atom is 0.357 e. The molecule has 2 rings (SSSR count). The Morgan fingerprint density at radius 1 is 0.833 bits per heavy atom. The van der Waals surface area contributed by atoms with Crippen molar-refractivity contribution in [1.29, 1.82) is 0 Å². The molecule has 1 N–H and O–H groups in total. The zero-order valence-electron chi connectivity index (χ0n) is 18.8. The third kappa shape index (κ3) is 6.76. The van der Waals surface area contributed by atoms with E-state index < -0.39 is 13.4 Å². The smallest absolute Gasteiger partial charge is 0.357 e. The van der Waals surface area contributed by atoms with Gasteiger partial charge in [0.05, 0.1) is 27.4 Å². The molecule has 0 radical (unpaired) electrons. The zero-order chi connectivity index (χ0) is 22.1. The Morgan fingerprint density at radius 2 is 1.40 bits per heavy atom. The lowest BCUT2D eigenvalue weighted by atomic mass is 10.2. The maximum atomic E-state index is 14.1. The summed E-state index contributed by atoms with van der Waals surface area (Å²) in [7, 11) is -0.428. The average molecular weight is 436 g/mol. The largest absolute Gasteiger partial charge is 0.493 e. The molecule has 0 fully saturated rings. The topological polar surface area (TPSA) is 66.0 Å². The highest BCUT2D eigenvalue weighted by Crippen LogP contribution is 2.61. The van der Waals surface area contributed by atoms with Crippen molar-refractivity contribution >= 4 is 13.3 Å². The summed E-state index contributed by atoms with van der Waals surface area (Å²) in [6.45, 7) is 8.72. The maximum absolute atomic E-state index is 14.1. The van der Waals surface area contributed by atoms with Crippen molar-refractivity contribution in [3.8, 4) is 11.5 Å². The summed E-state index contributed by atoms with van der Waals surface area (Å²) in [5.74, 6) is 0.861. The van der Waals surface area contributed by atoms with E-state index in [1.165, 1.54) is 0 Å². The minimum atomic E-state index is -3.59. The molecule has 2 aromatic rings. The van der Waals surface area contributed by atoms with Crippen LogP contribution in [0, 0.1) is 11.8 Å². The van der Waals surface area contributed by atoms with Gasteiger partial charge in [0.2, 0.25) is 0 Å². The molecule has 0 saturated heterocycles. The van der Waals surface area contributed by atoms with Crippen LogP contribution in [-0.2, 0) is 13.6 Å². The third-order valence-electron chi connectivity index (χ3n) is 4.29. The second kappa shape index (κ2) is 11.4. The fourth-order valence-electron chi connectivity index (χ4n) is 2.75. The number of methoxy groups -OCH3 is 2. The first kappa shape index (κ1) is 24.3. The lowest BCUT2D eigenvalue weighted by Crippen LogP contribution is -2.18. The first-order valence-electron chi connectivity index (χ1n) is 10.2. The number of hydrogen-bond acceptors (Lipinski definition) is 6. The van der Waals surface area contributed by atoms with E-state index in [1.54, 1.807) is 20.3 Å². The second-order valence-corrected chi connectivity index (χ2v) is 10.1. The van der Waals surface area contributed by atoms with Gasteiger partial charge in [0.25, 0.3) is 0 Å². The molecule has 0 aromatic heterocycles. The Kier molecular flexibility index (Phi) is 9.22. The van der Waals surface area contributed by atoms with Gasteiger partial charge in [0.1, 0.15) is 0 Å². The Hall–Kier alpha value is -2.01. The normalized spacial score (nSPS) is 12.8. The summed E-state index contributed by atoms with van der Waals surface area (Å²) >= 11 is 0. The van der Waals surface area contributed by atoms with E-state index in [-0.39, 0.29) is 11.8 Å². The molecule has 0 aliphatic carbocycles. The van der Waals surface area contributed by atoms with Gasteiger partial charge in [0.15, 0.2) is 17.3 Å². The van der Waals surface area contributed by atoms with E-state index in [0.29, 0.717) is 24.7 Å². The Balaban J connectivity index is 2.51. The van der Waals surface area contributed by atoms with Gasteiger partial charge in [-0.2, -0.15) is 0 Å². The minimum Gasteiger partial charge on any atom is -0.493 e. The van der Waals surface area contributed by atoms with E-state index in [1.807, 2.05) is 70.2 Å². The number of para-hydroxylation sites is 1. The van der Waals surface area contributed by atoms with Crippen LogP contribution in [-0.4, -0.2) is 27.4 Å². The van der Waals surface area contributed by atoms with Crippen LogP contribution in [0.2, 0.25) is 0 Å². The SMILES string of the molecule is COc1ccc([C@@H](Nc2ccccc2)P(=O)(OCC(C)C)OCC(C)C)cc1OC. The van der Waals surface area contributed by atoms with Crippen molar-refractivity contribution in [2.24, 2.45) is 11.8 Å². The number of rotatable bonds is 12. The van der Waals surface area contributed by atoms with Crippen molar-refractivity contribution in [2.75, 3.05) is 32.8 Å². The summed E-state index contributed by atoms with van der Waals surface area (Å²) in [6, 6.07) is 15.1. The molecule has 166 valence electrons. The van der Waals surface area contributed by atoms with Crippen LogP contribution in [0.5, 0.6) is 11.5 Å². The number of nitrogens with one attached hydrogen (secondary N) is 1. The fraction of sp³-hybridized carbons (Fsp3) is 0.478. The van der Waals surface area contributed by atoms with Crippen molar-refractivity contribution in [3.05, 3.63) is 54.1 Å². The second-order valence-electron chi connectivity index (χ2n) is 7.95. The van der Waals surface area contributed by atoms with Crippen LogP contribution in [0.4, 0.5) is 5.69 Å². The summed E-state index contributed by atoms with van der Waals surface area (Å²) < 4.78 is 36.8. The molecule has 30 heavy (non-hydrogen) atoms. The van der Waals surface area contributed by atoms with Gasteiger partial charge in [-0.25, -0.2) is 0 Å². The van der Waals surface area contributed by atoms with Gasteiger partial charge in [-0.1, -0.05) is 52.0 Å². The van der Waals surface area contributed by atoms with Gasteiger partial charge < -0.3 is 23.8 Å². The summed E-state index contributed by atoms with van der Waals surface area (Å²) in [5, 5.41) is 3.36. The lowest BCUT2D eigenvalue weighted by molar-refractivity contribution is 0.168. The third-order valence-corrected chi connectivity index (χ3v) is 6.37. The first-order chi connectivity index (χ1) is 14.3. The number of hydrogen-bond donors (Lipinski definition) is 1. The van der Waals surface area contributed by atoms with Gasteiger partial charge in [-0.05, 0) is 41.7 Å². The van der Waals surface area contributed by atoms with Crippen LogP contribution in [0.15, 0.2) is 48.5 Å². The summed E-state index contributed by atoms with van der Waals surface area (Å²) in [4.78, 5) is 0. The lowest BCUT2D eigenvalue weighted by Gasteiger charge is -2.30. The van der Waals surface area contributed by atoms with Crippen LogP contribution >= 0.6 is 7.60 Å². The Bertz CT molecular complexity index is 810. The van der Waals surface area contributed by atoms with Crippen molar-refractivity contribution in [3.63, 3.8) is 0 Å². The minimum absolute atomic E-state index is 0.212. The molecule has 0 aliphatic heterocycles. The van der Waals surface area contributed by atoms with Crippen LogP contribution in [0.3, 0.4) is 0 Å². The first-order valence-corrected chi connectivity index (χ1v) is 11.8. The Labute approximate surface area is 180 Å². The monoisotopic (exact) mass is 435 g/mol. The van der Waals surface area contributed by atoms with Gasteiger partial charge in [-0.3, -0.25) is 4.57 Å². The number of anilines is 1. The van der Waals surface area contributed by atoms with Crippen molar-refractivity contribution < 1.29 is 23.1 Å². The molecule has 0 heterocycles. The van der Waals surface area contributed by atoms with Gasteiger partial charge >= 0.3 is 7.60 Å². The molecule has 1 atom stereocenters. The highest BCUT2D eigenvalue weighted by atomic mass is 31.2. The van der Waals surface area contributed by atoms with E-state index in [2.05, 4.69) is 5.32 Å². The molecule has 0 aliphatic rings. The molecular weight excluding hydrogens is 401 g/mol. The standard InChI is InChI=1S/C23H34NO5P/c1-17(2)15-28-30(25,29-16-18(3)4)23(24-20-10-8-7-9-11-20)19-12-13-21(26-5)22(14-19)27-6/h7-14,17-18,23-24H,15-16H2,1-6H3/t23-/m0/s1. The average Bonchev–Trinajstić information content (AvgIpc) is 2.75. The van der Waals surface area contributed by atoms with Crippen LogP contribution in [0.1, 0.15) is 39.0 Å². The molecule has 0 spiro atoms. The fourth-order valence-corrected chi connectivity index (χ4v) is 4.97. The highest BCUT2D eigenvalue weighted by molar-refractivity contribution is 7.54. The highest BCUT2D eigenvalue weighted by Gasteiger charge is 2.38. The van der Waals surface area contributed by atoms with E-state index in [4.69, 9.17) is 18.5 Å².